The number of hydrogen-bond acceptors (Lipinski definition) is 4. The standard InChI is InChI=1S/C6H12N2O4/c1-2-12-8-4(6(7)11)3-5(9)10/h4,8H,2-3H2,1H3,(H2,7,11)(H,9,10)/t4-/m0/s1. The molecule has 6 nitrogen and oxygen atoms in total. The molecule has 0 bridgehead atoms. The Morgan fingerprint density at radius 1 is 1.67 bits per heavy atom. The van der Waals surface area contributed by atoms with Crippen LogP contribution in [0.1, 0.15) is 13.3 Å². The average Bonchev–Trinajstić information content (AvgIpc) is 1.96. The highest BCUT2D eigenvalue weighted by Gasteiger charge is 2.18. The van der Waals surface area contributed by atoms with Crippen LogP contribution >= 0.6 is 0 Å². The highest BCUT2D eigenvalue weighted by molar-refractivity contribution is 5.84. The van der Waals surface area contributed by atoms with E-state index in [2.05, 4.69) is 10.3 Å². The number of amides is 1. The van der Waals surface area contributed by atoms with Gasteiger partial charge in [-0.25, -0.2) is 0 Å². The van der Waals surface area contributed by atoms with Crippen LogP contribution in [0.15, 0.2) is 0 Å². The predicted molar refractivity (Wildman–Crippen MR) is 40.0 cm³/mol. The van der Waals surface area contributed by atoms with E-state index in [9.17, 15) is 9.59 Å². The minimum Gasteiger partial charge on any atom is -0.481 e. The molecule has 12 heavy (non-hydrogen) atoms. The first kappa shape index (κ1) is 10.9. The lowest BCUT2D eigenvalue weighted by atomic mass is 10.2. The molecule has 0 unspecified atom stereocenters. The van der Waals surface area contributed by atoms with Gasteiger partial charge in [-0.3, -0.25) is 9.59 Å². The molecule has 0 aromatic rings. The summed E-state index contributed by atoms with van der Waals surface area (Å²) in [6.45, 7) is 2.04. The van der Waals surface area contributed by atoms with Crippen LogP contribution in [-0.4, -0.2) is 29.6 Å². The van der Waals surface area contributed by atoms with E-state index in [1.165, 1.54) is 0 Å². The third-order valence-corrected chi connectivity index (χ3v) is 1.09. The van der Waals surface area contributed by atoms with E-state index in [1.807, 2.05) is 0 Å². The molecular formula is C6H12N2O4. The van der Waals surface area contributed by atoms with Crippen molar-refractivity contribution in [3.05, 3.63) is 0 Å². The molecule has 0 saturated heterocycles. The van der Waals surface area contributed by atoms with Gasteiger partial charge in [0.25, 0.3) is 0 Å². The van der Waals surface area contributed by atoms with Crippen LogP contribution in [0.2, 0.25) is 0 Å². The fraction of sp³-hybridized carbons (Fsp3) is 0.667. The number of carboxylic acids is 1. The molecule has 0 fully saturated rings. The third-order valence-electron chi connectivity index (χ3n) is 1.09. The first-order valence-electron chi connectivity index (χ1n) is 3.46. The Hall–Kier alpha value is -1.14. The number of nitrogens with two attached hydrogens (primary N) is 1. The largest absolute Gasteiger partial charge is 0.481 e. The van der Waals surface area contributed by atoms with Crippen molar-refractivity contribution in [1.29, 1.82) is 0 Å². The number of nitrogens with one attached hydrogen (secondary N) is 1. The summed E-state index contributed by atoms with van der Waals surface area (Å²) in [7, 11) is 0. The number of carboxylic acid groups (broad SMARTS) is 1. The summed E-state index contributed by atoms with van der Waals surface area (Å²) in [5.74, 6) is -1.85. The fourth-order valence-corrected chi connectivity index (χ4v) is 0.559. The van der Waals surface area contributed by atoms with Gasteiger partial charge >= 0.3 is 5.97 Å². The number of hydroxylamine groups is 1. The number of rotatable bonds is 6. The van der Waals surface area contributed by atoms with Crippen LogP contribution < -0.4 is 11.2 Å². The summed E-state index contributed by atoms with van der Waals surface area (Å²) < 4.78 is 0. The molecule has 1 atom stereocenters. The van der Waals surface area contributed by atoms with Crippen LogP contribution in [-0.2, 0) is 14.4 Å². The average molecular weight is 176 g/mol. The molecule has 0 rings (SSSR count). The second-order valence-electron chi connectivity index (χ2n) is 2.10. The van der Waals surface area contributed by atoms with E-state index in [0.29, 0.717) is 6.61 Å². The smallest absolute Gasteiger partial charge is 0.305 e. The SMILES string of the molecule is CCON[C@@H](CC(=O)O)C(N)=O. The lowest BCUT2D eigenvalue weighted by Gasteiger charge is -2.11. The van der Waals surface area contributed by atoms with Crippen molar-refractivity contribution >= 4 is 11.9 Å². The van der Waals surface area contributed by atoms with E-state index in [4.69, 9.17) is 10.8 Å². The molecule has 0 aliphatic heterocycles. The number of hydrogen-bond donors (Lipinski definition) is 3. The Bertz CT molecular complexity index is 171. The van der Waals surface area contributed by atoms with Gasteiger partial charge in [0.15, 0.2) is 0 Å². The summed E-state index contributed by atoms with van der Waals surface area (Å²) in [5.41, 5.74) is 7.13. The zero-order valence-corrected chi connectivity index (χ0v) is 6.74. The fourth-order valence-electron chi connectivity index (χ4n) is 0.559. The Labute approximate surface area is 69.6 Å². The van der Waals surface area contributed by atoms with Crippen molar-refractivity contribution in [2.45, 2.75) is 19.4 Å². The number of carbonyl (C=O) groups is 2. The summed E-state index contributed by atoms with van der Waals surface area (Å²) in [6, 6.07) is -0.970. The molecular weight excluding hydrogens is 164 g/mol. The van der Waals surface area contributed by atoms with Crippen LogP contribution in [0.4, 0.5) is 0 Å². The molecule has 0 aliphatic carbocycles. The highest BCUT2D eigenvalue weighted by atomic mass is 16.6. The minimum absolute atomic E-state index is 0.337. The maximum absolute atomic E-state index is 10.6. The Morgan fingerprint density at radius 3 is 2.58 bits per heavy atom. The molecule has 0 spiro atoms. The lowest BCUT2D eigenvalue weighted by Crippen LogP contribution is -2.42. The van der Waals surface area contributed by atoms with Gasteiger partial charge in [0.1, 0.15) is 6.04 Å². The summed E-state index contributed by atoms with van der Waals surface area (Å²) in [5, 5.41) is 8.33. The summed E-state index contributed by atoms with van der Waals surface area (Å²) in [4.78, 5) is 25.4. The van der Waals surface area contributed by atoms with Crippen LogP contribution in [0.25, 0.3) is 0 Å². The van der Waals surface area contributed by atoms with Crippen molar-refractivity contribution in [2.24, 2.45) is 5.73 Å². The van der Waals surface area contributed by atoms with E-state index in [-0.39, 0.29) is 6.42 Å². The van der Waals surface area contributed by atoms with Gasteiger partial charge in [0, 0.05) is 0 Å². The van der Waals surface area contributed by atoms with Crippen molar-refractivity contribution in [1.82, 2.24) is 5.48 Å². The molecule has 0 saturated carbocycles. The van der Waals surface area contributed by atoms with Gasteiger partial charge in [-0.15, -0.1) is 0 Å². The maximum atomic E-state index is 10.6. The molecule has 0 radical (unpaired) electrons. The van der Waals surface area contributed by atoms with Gasteiger partial charge in [-0.05, 0) is 6.92 Å². The lowest BCUT2D eigenvalue weighted by molar-refractivity contribution is -0.141. The van der Waals surface area contributed by atoms with E-state index in [0.717, 1.165) is 0 Å². The van der Waals surface area contributed by atoms with Gasteiger partial charge in [0.2, 0.25) is 5.91 Å². The van der Waals surface area contributed by atoms with Gasteiger partial charge < -0.3 is 15.7 Å². The maximum Gasteiger partial charge on any atom is 0.305 e. The monoisotopic (exact) mass is 176 g/mol. The molecule has 6 heteroatoms. The van der Waals surface area contributed by atoms with Crippen molar-refractivity contribution in [2.75, 3.05) is 6.61 Å². The van der Waals surface area contributed by atoms with Gasteiger partial charge in [-0.1, -0.05) is 0 Å². The summed E-state index contributed by atoms with van der Waals surface area (Å²) in [6.07, 6.45) is -0.380. The van der Waals surface area contributed by atoms with E-state index < -0.39 is 17.9 Å². The highest BCUT2D eigenvalue weighted by Crippen LogP contribution is 1.90. The van der Waals surface area contributed by atoms with Crippen molar-refractivity contribution in [3.63, 3.8) is 0 Å². The number of primary amides is 1. The van der Waals surface area contributed by atoms with Crippen LogP contribution in [0.3, 0.4) is 0 Å². The van der Waals surface area contributed by atoms with Crippen LogP contribution in [0, 0.1) is 0 Å². The second kappa shape index (κ2) is 5.50. The van der Waals surface area contributed by atoms with Gasteiger partial charge in [0.05, 0.1) is 13.0 Å². The predicted octanol–water partition coefficient (Wildman–Crippen LogP) is -1.14. The van der Waals surface area contributed by atoms with Crippen LogP contribution in [0.5, 0.6) is 0 Å². The minimum atomic E-state index is -1.11. The van der Waals surface area contributed by atoms with Gasteiger partial charge in [-0.2, -0.15) is 5.48 Å². The molecule has 0 heterocycles. The second-order valence-corrected chi connectivity index (χ2v) is 2.10. The third kappa shape index (κ3) is 4.64. The Kier molecular flexibility index (Phi) is 4.98. The first-order chi connectivity index (χ1) is 5.57. The zero-order chi connectivity index (χ0) is 9.56. The normalized spacial score (nSPS) is 12.4. The zero-order valence-electron chi connectivity index (χ0n) is 6.74. The first-order valence-corrected chi connectivity index (χ1v) is 3.46. The number of aliphatic carboxylic acids is 1. The molecule has 1 amide bonds. The molecule has 0 aromatic heterocycles. The van der Waals surface area contributed by atoms with E-state index in [1.54, 1.807) is 6.92 Å². The molecule has 0 aromatic carbocycles. The quantitative estimate of drug-likeness (QED) is 0.444. The summed E-state index contributed by atoms with van der Waals surface area (Å²) >= 11 is 0. The van der Waals surface area contributed by atoms with Crippen molar-refractivity contribution in [3.8, 4) is 0 Å². The molecule has 0 aliphatic rings. The van der Waals surface area contributed by atoms with Crippen molar-refractivity contribution < 1.29 is 19.5 Å². The molecule has 4 N–H and O–H groups in total. The Balaban J connectivity index is 3.87. The Morgan fingerprint density at radius 2 is 2.25 bits per heavy atom. The molecule has 70 valence electrons. The van der Waals surface area contributed by atoms with E-state index >= 15 is 0 Å². The number of carbonyl (C=O) groups excluding carboxylic acids is 1. The topological polar surface area (TPSA) is 102 Å².